The number of aromatic nitrogens is 1. The van der Waals surface area contributed by atoms with Crippen molar-refractivity contribution < 1.29 is 9.31 Å². The van der Waals surface area contributed by atoms with Gasteiger partial charge in [0.2, 0.25) is 0 Å². The lowest BCUT2D eigenvalue weighted by Crippen LogP contribution is -2.41. The van der Waals surface area contributed by atoms with Crippen molar-refractivity contribution in [1.29, 1.82) is 0 Å². The van der Waals surface area contributed by atoms with Gasteiger partial charge < -0.3 is 15.0 Å². The topological polar surface area (TPSA) is 57.4 Å². The fourth-order valence-corrected chi connectivity index (χ4v) is 3.38. The van der Waals surface area contributed by atoms with Gasteiger partial charge in [-0.3, -0.25) is 0 Å². The zero-order valence-corrected chi connectivity index (χ0v) is 16.7. The van der Waals surface area contributed by atoms with E-state index in [9.17, 15) is 0 Å². The second-order valence-electron chi connectivity index (χ2n) is 7.16. The number of thiazole rings is 1. The molecule has 2 heterocycles. The van der Waals surface area contributed by atoms with Gasteiger partial charge in [0, 0.05) is 16.7 Å². The molecule has 1 aromatic heterocycles. The summed E-state index contributed by atoms with van der Waals surface area (Å²) in [5, 5.41) is 2.54. The Morgan fingerprint density at radius 3 is 2.28 bits per heavy atom. The van der Waals surface area contributed by atoms with Crippen LogP contribution < -0.4 is 5.73 Å². The summed E-state index contributed by atoms with van der Waals surface area (Å²) in [5.74, 6) is 0.571. The zero-order valence-electron chi connectivity index (χ0n) is 14.9. The maximum absolute atomic E-state index is 6.12. The molecule has 0 saturated carbocycles. The van der Waals surface area contributed by atoms with Gasteiger partial charge in [-0.1, -0.05) is 30.3 Å². The highest BCUT2D eigenvalue weighted by Crippen LogP contribution is 2.39. The molecule has 132 valence electrons. The molecule has 3 rings (SSSR count). The van der Waals surface area contributed by atoms with E-state index in [-0.39, 0.29) is 18.3 Å². The van der Waals surface area contributed by atoms with Crippen molar-refractivity contribution in [2.45, 2.75) is 38.9 Å². The second-order valence-corrected chi connectivity index (χ2v) is 8.36. The van der Waals surface area contributed by atoms with Gasteiger partial charge in [-0.05, 0) is 38.7 Å². The largest absolute Gasteiger partial charge is 0.491 e. The molecule has 1 aliphatic rings. The molecule has 0 aliphatic carbocycles. The average molecular weight is 374 g/mol. The molecule has 7 heteroatoms. The summed E-state index contributed by atoms with van der Waals surface area (Å²) in [6.45, 7) is 8.21. The highest BCUT2D eigenvalue weighted by Gasteiger charge is 2.52. The smallest absolute Gasteiger partial charge is 0.400 e. The minimum atomic E-state index is -0.375. The third-order valence-corrected chi connectivity index (χ3v) is 5.86. The molecule has 2 N–H and O–H groups in total. The van der Waals surface area contributed by atoms with Crippen molar-refractivity contribution in [2.24, 2.45) is 0 Å². The van der Waals surface area contributed by atoms with Gasteiger partial charge in [0.25, 0.3) is 0 Å². The summed E-state index contributed by atoms with van der Waals surface area (Å²) >= 11 is 5.91. The molecule has 0 amide bonds. The molecule has 0 bridgehead atoms. The van der Waals surface area contributed by atoms with Crippen molar-refractivity contribution in [3.05, 3.63) is 40.7 Å². The van der Waals surface area contributed by atoms with Crippen LogP contribution in [0.2, 0.25) is 0 Å². The lowest BCUT2D eigenvalue weighted by atomic mass is 9.78. The van der Waals surface area contributed by atoms with Crippen LogP contribution in [-0.2, 0) is 9.31 Å². The van der Waals surface area contributed by atoms with Gasteiger partial charge in [0.1, 0.15) is 0 Å². The first-order chi connectivity index (χ1) is 11.7. The lowest BCUT2D eigenvalue weighted by molar-refractivity contribution is 0.00578. The van der Waals surface area contributed by atoms with Gasteiger partial charge in [-0.15, -0.1) is 11.3 Å². The molecule has 25 heavy (non-hydrogen) atoms. The fourth-order valence-electron chi connectivity index (χ4n) is 2.57. The summed E-state index contributed by atoms with van der Waals surface area (Å²) in [7, 11) is -0.375. The van der Waals surface area contributed by atoms with Crippen molar-refractivity contribution in [3.8, 4) is 11.3 Å². The number of benzene rings is 1. The first kappa shape index (κ1) is 18.5. The molecule has 2 aromatic rings. The number of nitrogens with two attached hydrogens (primary N) is 1. The maximum Gasteiger partial charge on any atom is 0.491 e. The third kappa shape index (κ3) is 3.79. The van der Waals surface area contributed by atoms with Crippen LogP contribution in [0.5, 0.6) is 0 Å². The van der Waals surface area contributed by atoms with E-state index in [2.05, 4.69) is 63.5 Å². The summed E-state index contributed by atoms with van der Waals surface area (Å²) in [6, 6.07) is 8.19. The highest BCUT2D eigenvalue weighted by molar-refractivity contribution is 7.80. The van der Waals surface area contributed by atoms with E-state index in [0.29, 0.717) is 10.9 Å². The molecular weight excluding hydrogens is 351 g/mol. The van der Waals surface area contributed by atoms with Crippen molar-refractivity contribution in [3.63, 3.8) is 0 Å². The summed E-state index contributed by atoms with van der Waals surface area (Å²) in [4.78, 5) is 4.31. The van der Waals surface area contributed by atoms with Crippen LogP contribution in [0.15, 0.2) is 35.1 Å². The Bertz CT molecular complexity index is 769. The van der Waals surface area contributed by atoms with Crippen molar-refractivity contribution in [1.82, 2.24) is 4.98 Å². The average Bonchev–Trinajstić information content (AvgIpc) is 3.06. The molecule has 1 fully saturated rings. The monoisotopic (exact) mass is 374 g/mol. The molecule has 1 saturated heterocycles. The van der Waals surface area contributed by atoms with E-state index in [0.717, 1.165) is 22.3 Å². The Hall–Kier alpha value is -1.28. The summed E-state index contributed by atoms with van der Waals surface area (Å²) < 4.78 is 12.2. The van der Waals surface area contributed by atoms with Crippen LogP contribution >= 0.6 is 24.0 Å². The number of hydrogen-bond donors (Lipinski definition) is 2. The Kier molecular flexibility index (Phi) is 5.03. The molecule has 1 aliphatic heterocycles. The Morgan fingerprint density at radius 1 is 1.20 bits per heavy atom. The van der Waals surface area contributed by atoms with Crippen molar-refractivity contribution >= 4 is 42.3 Å². The SMILES string of the molecule is CC1(C)OB(C(=Cc2ccc(-c3csc(N)n3)cc2)CS)OC1(C)C. The minimum absolute atomic E-state index is 0.353. The first-order valence-corrected chi connectivity index (χ1v) is 9.71. The molecule has 0 spiro atoms. The van der Waals surface area contributed by atoms with Gasteiger partial charge in [0.15, 0.2) is 5.13 Å². The summed E-state index contributed by atoms with van der Waals surface area (Å²) in [5.41, 5.74) is 9.03. The van der Waals surface area contributed by atoms with Gasteiger partial charge in [-0.25, -0.2) is 4.98 Å². The van der Waals surface area contributed by atoms with E-state index < -0.39 is 0 Å². The predicted molar refractivity (Wildman–Crippen MR) is 110 cm³/mol. The normalized spacial score (nSPS) is 19.4. The van der Waals surface area contributed by atoms with Crippen LogP contribution in [0.4, 0.5) is 5.13 Å². The number of nitrogens with zero attached hydrogens (tertiary/aromatic N) is 1. The van der Waals surface area contributed by atoms with E-state index in [1.807, 2.05) is 17.5 Å². The molecule has 0 unspecified atom stereocenters. The van der Waals surface area contributed by atoms with E-state index in [1.54, 1.807) is 0 Å². The molecule has 1 aromatic carbocycles. The lowest BCUT2D eigenvalue weighted by Gasteiger charge is -2.32. The van der Waals surface area contributed by atoms with Crippen LogP contribution in [0, 0.1) is 0 Å². The van der Waals surface area contributed by atoms with Crippen molar-refractivity contribution in [2.75, 3.05) is 11.5 Å². The Labute approximate surface area is 159 Å². The van der Waals surface area contributed by atoms with E-state index >= 15 is 0 Å². The van der Waals surface area contributed by atoms with Crippen LogP contribution in [0.1, 0.15) is 33.3 Å². The summed E-state index contributed by atoms with van der Waals surface area (Å²) in [6.07, 6.45) is 2.08. The number of anilines is 1. The number of nitrogen functional groups attached to an aromatic ring is 1. The Morgan fingerprint density at radius 2 is 1.80 bits per heavy atom. The number of rotatable bonds is 4. The zero-order chi connectivity index (χ0) is 18.2. The first-order valence-electron chi connectivity index (χ1n) is 8.20. The molecular formula is C18H23BN2O2S2. The third-order valence-electron chi connectivity index (χ3n) is 4.82. The fraction of sp³-hybridized carbons (Fsp3) is 0.389. The van der Waals surface area contributed by atoms with E-state index in [1.165, 1.54) is 11.3 Å². The molecule has 0 atom stereocenters. The van der Waals surface area contributed by atoms with Gasteiger partial charge >= 0.3 is 7.12 Å². The second kappa shape index (κ2) is 6.80. The molecule has 4 nitrogen and oxygen atoms in total. The van der Waals surface area contributed by atoms with Crippen LogP contribution in [-0.4, -0.2) is 29.1 Å². The predicted octanol–water partition coefficient (Wildman–Crippen LogP) is 4.34. The minimum Gasteiger partial charge on any atom is -0.400 e. The quantitative estimate of drug-likeness (QED) is 0.618. The molecule has 0 radical (unpaired) electrons. The van der Waals surface area contributed by atoms with Gasteiger partial charge in [0.05, 0.1) is 16.9 Å². The number of hydrogen-bond acceptors (Lipinski definition) is 6. The number of thiol groups is 1. The maximum atomic E-state index is 6.12. The van der Waals surface area contributed by atoms with Crippen LogP contribution in [0.3, 0.4) is 0 Å². The van der Waals surface area contributed by atoms with Gasteiger partial charge in [-0.2, -0.15) is 12.6 Å². The Balaban J connectivity index is 1.81. The van der Waals surface area contributed by atoms with Crippen LogP contribution in [0.25, 0.3) is 17.3 Å². The van der Waals surface area contributed by atoms with E-state index in [4.69, 9.17) is 15.0 Å². The standard InChI is InChI=1S/C18H23BN2O2S2/c1-17(2)18(3,4)23-19(22-17)14(10-24)9-12-5-7-13(8-6-12)15-11-25-16(20)21-15/h5-9,11,24H,10H2,1-4H3,(H2,20,21). The highest BCUT2D eigenvalue weighted by atomic mass is 32.1.